The summed E-state index contributed by atoms with van der Waals surface area (Å²) < 4.78 is 0. The molecule has 78 valence electrons. The Morgan fingerprint density at radius 1 is 1.38 bits per heavy atom. The van der Waals surface area contributed by atoms with E-state index in [1.807, 2.05) is 0 Å². The Balaban J connectivity index is 2.27. The van der Waals surface area contributed by atoms with Crippen molar-refractivity contribution in [2.45, 2.75) is 44.8 Å². The fourth-order valence-electron chi connectivity index (χ4n) is 2.02. The summed E-state index contributed by atoms with van der Waals surface area (Å²) >= 11 is 0. The predicted molar refractivity (Wildman–Crippen MR) is 52.5 cm³/mol. The van der Waals surface area contributed by atoms with Crippen LogP contribution in [0.1, 0.15) is 32.6 Å². The SMILES string of the molecule is C[C@@H](O)CNC1CCCCC1CO. The van der Waals surface area contributed by atoms with Crippen LogP contribution in [-0.4, -0.2) is 35.5 Å². The molecule has 1 saturated carbocycles. The maximum atomic E-state index is 9.12. The molecular weight excluding hydrogens is 166 g/mol. The molecule has 0 aliphatic heterocycles. The fourth-order valence-corrected chi connectivity index (χ4v) is 2.02. The molecule has 0 aromatic rings. The van der Waals surface area contributed by atoms with Crippen molar-refractivity contribution in [1.29, 1.82) is 0 Å². The third-order valence-electron chi connectivity index (χ3n) is 2.82. The highest BCUT2D eigenvalue weighted by Gasteiger charge is 2.23. The largest absolute Gasteiger partial charge is 0.396 e. The van der Waals surface area contributed by atoms with E-state index in [0.717, 1.165) is 12.8 Å². The van der Waals surface area contributed by atoms with Crippen LogP contribution < -0.4 is 5.32 Å². The van der Waals surface area contributed by atoms with Crippen LogP contribution in [-0.2, 0) is 0 Å². The Labute approximate surface area is 80.2 Å². The minimum Gasteiger partial charge on any atom is -0.396 e. The molecule has 1 fully saturated rings. The maximum Gasteiger partial charge on any atom is 0.0636 e. The normalized spacial score (nSPS) is 31.6. The van der Waals surface area contributed by atoms with Crippen LogP contribution in [0.4, 0.5) is 0 Å². The average Bonchev–Trinajstić information content (AvgIpc) is 2.15. The molecule has 0 heterocycles. The lowest BCUT2D eigenvalue weighted by atomic mass is 9.85. The van der Waals surface area contributed by atoms with E-state index in [4.69, 9.17) is 10.2 Å². The van der Waals surface area contributed by atoms with Crippen molar-refractivity contribution in [1.82, 2.24) is 5.32 Å². The summed E-state index contributed by atoms with van der Waals surface area (Å²) in [6, 6.07) is 0.411. The Morgan fingerprint density at radius 2 is 2.08 bits per heavy atom. The minimum atomic E-state index is -0.290. The second kappa shape index (κ2) is 5.58. The van der Waals surface area contributed by atoms with E-state index < -0.39 is 0 Å². The standard InChI is InChI=1S/C10H21NO2/c1-8(13)6-11-10-5-3-2-4-9(10)7-12/h8-13H,2-7H2,1H3/t8-,9?,10?/m1/s1. The summed E-state index contributed by atoms with van der Waals surface area (Å²) in [6.45, 7) is 2.70. The molecule has 13 heavy (non-hydrogen) atoms. The molecule has 1 aliphatic rings. The van der Waals surface area contributed by atoms with Gasteiger partial charge >= 0.3 is 0 Å². The van der Waals surface area contributed by atoms with Crippen LogP contribution in [0.3, 0.4) is 0 Å². The van der Waals surface area contributed by atoms with Crippen molar-refractivity contribution in [3.63, 3.8) is 0 Å². The summed E-state index contributed by atoms with van der Waals surface area (Å²) in [5, 5.41) is 21.6. The van der Waals surface area contributed by atoms with E-state index in [-0.39, 0.29) is 12.7 Å². The van der Waals surface area contributed by atoms with Gasteiger partial charge in [0.2, 0.25) is 0 Å². The van der Waals surface area contributed by atoms with Crippen LogP contribution >= 0.6 is 0 Å². The number of hydrogen-bond acceptors (Lipinski definition) is 3. The van der Waals surface area contributed by atoms with E-state index in [2.05, 4.69) is 5.32 Å². The van der Waals surface area contributed by atoms with Gasteiger partial charge < -0.3 is 15.5 Å². The number of rotatable bonds is 4. The zero-order valence-corrected chi connectivity index (χ0v) is 8.37. The number of aliphatic hydroxyl groups is 2. The van der Waals surface area contributed by atoms with Gasteiger partial charge in [-0.25, -0.2) is 0 Å². The summed E-state index contributed by atoms with van der Waals surface area (Å²) in [5.41, 5.74) is 0. The Bertz CT molecular complexity index is 139. The molecule has 0 amide bonds. The van der Waals surface area contributed by atoms with Crippen LogP contribution in [0, 0.1) is 5.92 Å². The van der Waals surface area contributed by atoms with Gasteiger partial charge in [0.15, 0.2) is 0 Å². The molecule has 3 N–H and O–H groups in total. The quantitative estimate of drug-likeness (QED) is 0.601. The molecule has 0 spiro atoms. The zero-order valence-electron chi connectivity index (χ0n) is 8.37. The molecule has 1 rings (SSSR count). The highest BCUT2D eigenvalue weighted by atomic mass is 16.3. The van der Waals surface area contributed by atoms with E-state index in [0.29, 0.717) is 18.5 Å². The summed E-state index contributed by atoms with van der Waals surface area (Å²) in [4.78, 5) is 0. The van der Waals surface area contributed by atoms with Crippen molar-refractivity contribution in [2.75, 3.05) is 13.2 Å². The van der Waals surface area contributed by atoms with Gasteiger partial charge in [0, 0.05) is 19.2 Å². The fraction of sp³-hybridized carbons (Fsp3) is 1.00. The Morgan fingerprint density at radius 3 is 2.69 bits per heavy atom. The first-order valence-corrected chi connectivity index (χ1v) is 5.26. The van der Waals surface area contributed by atoms with Gasteiger partial charge in [0.05, 0.1) is 6.10 Å². The number of hydrogen-bond donors (Lipinski definition) is 3. The number of aliphatic hydroxyl groups excluding tert-OH is 2. The van der Waals surface area contributed by atoms with Crippen LogP contribution in [0.25, 0.3) is 0 Å². The van der Waals surface area contributed by atoms with Crippen molar-refractivity contribution < 1.29 is 10.2 Å². The molecule has 3 nitrogen and oxygen atoms in total. The molecule has 0 aromatic carbocycles. The first-order valence-electron chi connectivity index (χ1n) is 5.26. The topological polar surface area (TPSA) is 52.5 Å². The Hall–Kier alpha value is -0.120. The van der Waals surface area contributed by atoms with Gasteiger partial charge in [-0.05, 0) is 25.7 Å². The molecule has 3 atom stereocenters. The molecular formula is C10H21NO2. The molecule has 1 aliphatic carbocycles. The van der Waals surface area contributed by atoms with Crippen molar-refractivity contribution in [3.8, 4) is 0 Å². The van der Waals surface area contributed by atoms with Crippen LogP contribution in [0.15, 0.2) is 0 Å². The summed E-state index contributed by atoms with van der Waals surface area (Å²) in [5.74, 6) is 0.396. The zero-order chi connectivity index (χ0) is 9.68. The van der Waals surface area contributed by atoms with Crippen molar-refractivity contribution in [3.05, 3.63) is 0 Å². The van der Waals surface area contributed by atoms with Gasteiger partial charge in [0.1, 0.15) is 0 Å². The van der Waals surface area contributed by atoms with Crippen molar-refractivity contribution >= 4 is 0 Å². The van der Waals surface area contributed by atoms with Crippen LogP contribution in [0.5, 0.6) is 0 Å². The molecule has 0 saturated heterocycles. The summed E-state index contributed by atoms with van der Waals surface area (Å²) in [7, 11) is 0. The average molecular weight is 187 g/mol. The Kier molecular flexibility index (Phi) is 4.70. The minimum absolute atomic E-state index is 0.275. The highest BCUT2D eigenvalue weighted by molar-refractivity contribution is 4.80. The van der Waals surface area contributed by atoms with E-state index in [1.54, 1.807) is 6.92 Å². The molecule has 3 heteroatoms. The first kappa shape index (κ1) is 11.0. The molecule has 0 radical (unpaired) electrons. The lowest BCUT2D eigenvalue weighted by Gasteiger charge is -2.31. The van der Waals surface area contributed by atoms with Gasteiger partial charge in [-0.2, -0.15) is 0 Å². The maximum absolute atomic E-state index is 9.12. The second-order valence-electron chi connectivity index (χ2n) is 4.09. The molecule has 2 unspecified atom stereocenters. The molecule has 0 bridgehead atoms. The number of nitrogens with one attached hydrogen (secondary N) is 1. The molecule has 0 aromatic heterocycles. The van der Waals surface area contributed by atoms with E-state index >= 15 is 0 Å². The smallest absolute Gasteiger partial charge is 0.0636 e. The van der Waals surface area contributed by atoms with Gasteiger partial charge in [-0.3, -0.25) is 0 Å². The van der Waals surface area contributed by atoms with Gasteiger partial charge in [-0.1, -0.05) is 12.8 Å². The third kappa shape index (κ3) is 3.63. The third-order valence-corrected chi connectivity index (χ3v) is 2.82. The lowest BCUT2D eigenvalue weighted by molar-refractivity contribution is 0.133. The van der Waals surface area contributed by atoms with Crippen LogP contribution in [0.2, 0.25) is 0 Å². The van der Waals surface area contributed by atoms with Gasteiger partial charge in [-0.15, -0.1) is 0 Å². The first-order chi connectivity index (χ1) is 6.24. The summed E-state index contributed by atoms with van der Waals surface area (Å²) in [6.07, 6.45) is 4.44. The van der Waals surface area contributed by atoms with E-state index in [1.165, 1.54) is 12.8 Å². The van der Waals surface area contributed by atoms with Gasteiger partial charge in [0.25, 0.3) is 0 Å². The van der Waals surface area contributed by atoms with E-state index in [9.17, 15) is 0 Å². The predicted octanol–water partition coefficient (Wildman–Crippen LogP) is 0.508. The highest BCUT2D eigenvalue weighted by Crippen LogP contribution is 2.23. The van der Waals surface area contributed by atoms with Crippen molar-refractivity contribution in [2.24, 2.45) is 5.92 Å². The lowest BCUT2D eigenvalue weighted by Crippen LogP contribution is -2.42. The second-order valence-corrected chi connectivity index (χ2v) is 4.09. The monoisotopic (exact) mass is 187 g/mol.